The van der Waals surface area contributed by atoms with Crippen molar-refractivity contribution >= 4 is 54.9 Å². The number of aliphatic hydroxyl groups is 1. The number of hydrogen-bond acceptors (Lipinski definition) is 9. The summed E-state index contributed by atoms with van der Waals surface area (Å²) in [5.41, 5.74) is 10.5. The lowest BCUT2D eigenvalue weighted by Gasteiger charge is -2.23. The number of primary amides is 1. The topological polar surface area (TPSA) is 214 Å². The van der Waals surface area contributed by atoms with Gasteiger partial charge >= 0.3 is 5.97 Å². The molecule has 4 amide bonds. The number of carboxylic acids is 1. The Balaban J connectivity index is 5.16. The minimum atomic E-state index is -1.53. The lowest BCUT2D eigenvalue weighted by Crippen LogP contribution is -2.59. The summed E-state index contributed by atoms with van der Waals surface area (Å²) < 4.78 is 0. The predicted molar refractivity (Wildman–Crippen MR) is 100 cm³/mol. The summed E-state index contributed by atoms with van der Waals surface area (Å²) in [4.78, 5) is 58.2. The van der Waals surface area contributed by atoms with Gasteiger partial charge in [-0.3, -0.25) is 19.2 Å². The smallest absolute Gasteiger partial charge is 0.327 e. The second kappa shape index (κ2) is 12.4. The molecule has 0 saturated carbocycles. The molecule has 0 rings (SSSR count). The van der Waals surface area contributed by atoms with Gasteiger partial charge < -0.3 is 37.6 Å². The number of carboxylic acid groups (broad SMARTS) is 1. The number of carbonyl (C=O) groups is 5. The zero-order chi connectivity index (χ0) is 21.1. The number of nitrogens with one attached hydrogen (secondary N) is 3. The minimum absolute atomic E-state index is 0.0153. The normalized spacial score (nSPS) is 15.0. The molecule has 12 nitrogen and oxygen atoms in total. The molecule has 0 radical (unpaired) electrons. The Bertz CT molecular complexity index is 577. The fourth-order valence-electron chi connectivity index (χ4n) is 1.70. The van der Waals surface area contributed by atoms with Gasteiger partial charge in [-0.1, -0.05) is 0 Å². The summed E-state index contributed by atoms with van der Waals surface area (Å²) in [5.74, 6) is -5.35. The molecular formula is C13H23N5O7S2. The van der Waals surface area contributed by atoms with E-state index >= 15 is 0 Å². The highest BCUT2D eigenvalue weighted by atomic mass is 32.1. The van der Waals surface area contributed by atoms with Gasteiger partial charge in [-0.05, 0) is 0 Å². The molecule has 4 unspecified atom stereocenters. The van der Waals surface area contributed by atoms with E-state index in [0.29, 0.717) is 0 Å². The van der Waals surface area contributed by atoms with Gasteiger partial charge in [-0.2, -0.15) is 25.3 Å². The third-order valence-corrected chi connectivity index (χ3v) is 3.94. The average Bonchev–Trinajstić information content (AvgIpc) is 2.61. The Kier molecular flexibility index (Phi) is 11.4. The number of aliphatic hydroxyl groups excluding tert-OH is 1. The fourth-order valence-corrected chi connectivity index (χ4v) is 2.11. The van der Waals surface area contributed by atoms with Crippen LogP contribution in [-0.2, 0) is 24.0 Å². The van der Waals surface area contributed by atoms with Gasteiger partial charge in [0.25, 0.3) is 0 Å². The van der Waals surface area contributed by atoms with Crippen molar-refractivity contribution in [3.63, 3.8) is 0 Å². The molecule has 0 fully saturated rings. The van der Waals surface area contributed by atoms with Crippen molar-refractivity contribution in [2.45, 2.75) is 30.6 Å². The Labute approximate surface area is 165 Å². The molecule has 0 aromatic heterocycles. The van der Waals surface area contributed by atoms with Crippen LogP contribution >= 0.6 is 25.3 Å². The lowest BCUT2D eigenvalue weighted by molar-refractivity contribution is -0.141. The molecule has 4 atom stereocenters. The maximum atomic E-state index is 12.2. The average molecular weight is 425 g/mol. The number of rotatable bonds is 12. The van der Waals surface area contributed by atoms with Gasteiger partial charge in [0.05, 0.1) is 19.1 Å². The van der Waals surface area contributed by atoms with E-state index in [9.17, 15) is 29.1 Å². The van der Waals surface area contributed by atoms with Crippen LogP contribution in [0.25, 0.3) is 0 Å². The van der Waals surface area contributed by atoms with Crippen molar-refractivity contribution in [1.82, 2.24) is 16.0 Å². The van der Waals surface area contributed by atoms with Crippen molar-refractivity contribution in [2.75, 3.05) is 18.1 Å². The van der Waals surface area contributed by atoms with Gasteiger partial charge in [-0.25, -0.2) is 4.79 Å². The Hall–Kier alpha value is -2.03. The number of hydrogen-bond donors (Lipinski definition) is 9. The van der Waals surface area contributed by atoms with E-state index in [1.165, 1.54) is 0 Å². The van der Waals surface area contributed by atoms with E-state index in [2.05, 4.69) is 41.2 Å². The number of amides is 4. The van der Waals surface area contributed by atoms with E-state index < -0.39 is 66.8 Å². The van der Waals surface area contributed by atoms with Crippen LogP contribution in [0.1, 0.15) is 6.42 Å². The Morgan fingerprint density at radius 3 is 1.74 bits per heavy atom. The van der Waals surface area contributed by atoms with E-state index in [1.807, 2.05) is 0 Å². The third-order valence-electron chi connectivity index (χ3n) is 3.18. The first-order chi connectivity index (χ1) is 12.6. The van der Waals surface area contributed by atoms with E-state index in [4.69, 9.17) is 16.6 Å². The Morgan fingerprint density at radius 2 is 1.33 bits per heavy atom. The van der Waals surface area contributed by atoms with Crippen LogP contribution in [0.4, 0.5) is 0 Å². The van der Waals surface area contributed by atoms with Crippen LogP contribution in [0.5, 0.6) is 0 Å². The van der Waals surface area contributed by atoms with Crippen LogP contribution in [-0.4, -0.2) is 82.1 Å². The molecule has 14 heteroatoms. The van der Waals surface area contributed by atoms with Crippen LogP contribution in [0.15, 0.2) is 0 Å². The molecule has 0 aromatic rings. The summed E-state index contributed by atoms with van der Waals surface area (Å²) in [6.45, 7) is -0.823. The Morgan fingerprint density at radius 1 is 0.852 bits per heavy atom. The summed E-state index contributed by atoms with van der Waals surface area (Å²) >= 11 is 7.61. The maximum absolute atomic E-state index is 12.2. The highest BCUT2D eigenvalue weighted by Gasteiger charge is 2.30. The van der Waals surface area contributed by atoms with Crippen molar-refractivity contribution in [3.8, 4) is 0 Å². The van der Waals surface area contributed by atoms with Crippen molar-refractivity contribution in [2.24, 2.45) is 11.5 Å². The first-order valence-corrected chi connectivity index (χ1v) is 8.84. The second-order valence-corrected chi connectivity index (χ2v) is 6.08. The number of carbonyl (C=O) groups excluding carboxylic acids is 4. The molecule has 0 heterocycles. The first kappa shape index (κ1) is 25.0. The van der Waals surface area contributed by atoms with Gasteiger partial charge in [-0.15, -0.1) is 0 Å². The molecule has 0 aromatic carbocycles. The van der Waals surface area contributed by atoms with Gasteiger partial charge in [0, 0.05) is 11.5 Å². The van der Waals surface area contributed by atoms with Crippen molar-refractivity contribution in [1.29, 1.82) is 0 Å². The van der Waals surface area contributed by atoms with Crippen LogP contribution in [0, 0.1) is 0 Å². The molecule has 0 aliphatic carbocycles. The highest BCUT2D eigenvalue weighted by molar-refractivity contribution is 7.80. The van der Waals surface area contributed by atoms with Crippen molar-refractivity contribution in [3.05, 3.63) is 0 Å². The summed E-state index contributed by atoms with van der Waals surface area (Å²) in [6, 6.07) is -5.39. The molecule has 154 valence electrons. The quantitative estimate of drug-likeness (QED) is 0.139. The lowest BCUT2D eigenvalue weighted by atomic mass is 10.1. The standard InChI is InChI=1S/C13H23N5O7S2/c14-5(3-26)10(21)17-7(2-19)12(23)16-6(1-9(15)20)11(22)18-8(4-27)13(24)25/h5-8,19,26-27H,1-4,14H2,(H2,15,20)(H,16,23)(H,17,21)(H,18,22)(H,24,25). The molecule has 9 N–H and O–H groups in total. The third kappa shape index (κ3) is 8.94. The number of nitrogens with two attached hydrogens (primary N) is 2. The summed E-state index contributed by atoms with van der Waals surface area (Å²) in [5, 5.41) is 24.6. The van der Waals surface area contributed by atoms with Crippen LogP contribution < -0.4 is 27.4 Å². The van der Waals surface area contributed by atoms with Gasteiger partial charge in [0.1, 0.15) is 18.1 Å². The summed E-state index contributed by atoms with van der Waals surface area (Å²) in [7, 11) is 0. The van der Waals surface area contributed by atoms with E-state index in [1.54, 1.807) is 0 Å². The first-order valence-electron chi connectivity index (χ1n) is 7.57. The maximum Gasteiger partial charge on any atom is 0.327 e. The van der Waals surface area contributed by atoms with Crippen molar-refractivity contribution < 1.29 is 34.2 Å². The molecule has 0 saturated heterocycles. The molecular weight excluding hydrogens is 402 g/mol. The molecule has 0 bridgehead atoms. The van der Waals surface area contributed by atoms with Gasteiger partial charge in [0.2, 0.25) is 23.6 Å². The molecule has 27 heavy (non-hydrogen) atoms. The largest absolute Gasteiger partial charge is 0.480 e. The van der Waals surface area contributed by atoms with Crippen LogP contribution in [0.2, 0.25) is 0 Å². The monoisotopic (exact) mass is 425 g/mol. The summed E-state index contributed by atoms with van der Waals surface area (Å²) in [6.07, 6.45) is -0.640. The number of aliphatic carboxylic acids is 1. The van der Waals surface area contributed by atoms with Gasteiger partial charge in [0.15, 0.2) is 0 Å². The molecule has 0 aliphatic rings. The van der Waals surface area contributed by atoms with E-state index in [-0.39, 0.29) is 11.5 Å². The zero-order valence-electron chi connectivity index (χ0n) is 14.1. The van der Waals surface area contributed by atoms with Crippen LogP contribution in [0.3, 0.4) is 0 Å². The zero-order valence-corrected chi connectivity index (χ0v) is 15.9. The second-order valence-electron chi connectivity index (χ2n) is 5.35. The predicted octanol–water partition coefficient (Wildman–Crippen LogP) is -4.42. The molecule has 0 spiro atoms. The van der Waals surface area contributed by atoms with E-state index in [0.717, 1.165) is 0 Å². The highest BCUT2D eigenvalue weighted by Crippen LogP contribution is 1.98. The molecule has 0 aliphatic heterocycles. The SMILES string of the molecule is NC(=O)CC(NC(=O)C(CO)NC(=O)C(N)CS)C(=O)NC(CS)C(=O)O. The minimum Gasteiger partial charge on any atom is -0.480 e. The fraction of sp³-hybridized carbons (Fsp3) is 0.615. The number of thiol groups is 2.